The third kappa shape index (κ3) is 1.87. The first-order valence-corrected chi connectivity index (χ1v) is 7.76. The van der Waals surface area contributed by atoms with Crippen LogP contribution in [-0.4, -0.2) is 11.1 Å². The van der Waals surface area contributed by atoms with Gasteiger partial charge in [0.2, 0.25) is 0 Å². The predicted octanol–water partition coefficient (Wildman–Crippen LogP) is 3.10. The molecule has 1 spiro atoms. The maximum Gasteiger partial charge on any atom is 0.274 e. The van der Waals surface area contributed by atoms with Crippen molar-refractivity contribution in [2.45, 2.75) is 44.9 Å². The van der Waals surface area contributed by atoms with Crippen molar-refractivity contribution in [2.75, 3.05) is 0 Å². The molecule has 3 heteroatoms. The average molecular weight is 271 g/mol. The number of hydrogen-bond acceptors (Lipinski definition) is 2. The fourth-order valence-electron chi connectivity index (χ4n) is 4.67. The van der Waals surface area contributed by atoms with Crippen molar-refractivity contribution in [3.8, 4) is 0 Å². The van der Waals surface area contributed by atoms with Gasteiger partial charge in [-0.15, -0.1) is 0 Å². The summed E-state index contributed by atoms with van der Waals surface area (Å²) in [5.74, 6) is 1.56. The second kappa shape index (κ2) is 4.32. The van der Waals surface area contributed by atoms with Crippen LogP contribution >= 0.6 is 0 Å². The molecule has 1 amide bonds. The van der Waals surface area contributed by atoms with E-state index in [4.69, 9.17) is 5.21 Å². The van der Waals surface area contributed by atoms with Gasteiger partial charge in [-0.3, -0.25) is 10.0 Å². The van der Waals surface area contributed by atoms with Crippen molar-refractivity contribution in [3.63, 3.8) is 0 Å². The Bertz CT molecular complexity index is 564. The van der Waals surface area contributed by atoms with Crippen LogP contribution in [0.5, 0.6) is 0 Å². The maximum absolute atomic E-state index is 11.8. The molecule has 3 aliphatic rings. The SMILES string of the molecule is O=C(NO)c1cccc2c1CC1(CCC(C3CC3)C1)C2. The molecule has 2 N–H and O–H groups in total. The van der Waals surface area contributed by atoms with Gasteiger partial charge in [0.25, 0.3) is 5.91 Å². The Morgan fingerprint density at radius 2 is 2.05 bits per heavy atom. The lowest BCUT2D eigenvalue weighted by atomic mass is 9.81. The Hall–Kier alpha value is -1.35. The van der Waals surface area contributed by atoms with Crippen LogP contribution in [0, 0.1) is 17.3 Å². The third-order valence-electron chi connectivity index (χ3n) is 5.77. The van der Waals surface area contributed by atoms with Gasteiger partial charge in [-0.2, -0.15) is 0 Å². The lowest BCUT2D eigenvalue weighted by molar-refractivity contribution is 0.0705. The van der Waals surface area contributed by atoms with Crippen molar-refractivity contribution < 1.29 is 10.0 Å². The van der Waals surface area contributed by atoms with Crippen LogP contribution in [0.4, 0.5) is 0 Å². The van der Waals surface area contributed by atoms with Gasteiger partial charge in [-0.25, -0.2) is 5.48 Å². The zero-order valence-electron chi connectivity index (χ0n) is 11.7. The Morgan fingerprint density at radius 3 is 2.80 bits per heavy atom. The van der Waals surface area contributed by atoms with E-state index < -0.39 is 0 Å². The van der Waals surface area contributed by atoms with Gasteiger partial charge in [0.1, 0.15) is 0 Å². The molecule has 2 unspecified atom stereocenters. The molecule has 2 atom stereocenters. The van der Waals surface area contributed by atoms with Crippen LogP contribution in [0.2, 0.25) is 0 Å². The third-order valence-corrected chi connectivity index (χ3v) is 5.77. The zero-order chi connectivity index (χ0) is 13.7. The summed E-state index contributed by atoms with van der Waals surface area (Å²) in [7, 11) is 0. The summed E-state index contributed by atoms with van der Waals surface area (Å²) in [6, 6.07) is 5.93. The number of fused-ring (bicyclic) bond motifs is 1. The zero-order valence-corrected chi connectivity index (χ0v) is 11.7. The monoisotopic (exact) mass is 271 g/mol. The van der Waals surface area contributed by atoms with Crippen molar-refractivity contribution >= 4 is 5.91 Å². The summed E-state index contributed by atoms with van der Waals surface area (Å²) >= 11 is 0. The van der Waals surface area contributed by atoms with Gasteiger partial charge in [0.05, 0.1) is 0 Å². The van der Waals surface area contributed by atoms with E-state index >= 15 is 0 Å². The normalized spacial score (nSPS) is 31.6. The molecule has 3 aliphatic carbocycles. The molecule has 4 rings (SSSR count). The van der Waals surface area contributed by atoms with Gasteiger partial charge < -0.3 is 0 Å². The van der Waals surface area contributed by atoms with E-state index in [1.807, 2.05) is 12.1 Å². The Kier molecular flexibility index (Phi) is 2.68. The lowest BCUT2D eigenvalue weighted by Gasteiger charge is -2.23. The van der Waals surface area contributed by atoms with Crippen molar-refractivity contribution in [1.82, 2.24) is 5.48 Å². The molecule has 1 aromatic carbocycles. The molecule has 0 bridgehead atoms. The summed E-state index contributed by atoms with van der Waals surface area (Å²) < 4.78 is 0. The molecule has 2 saturated carbocycles. The Balaban J connectivity index is 1.62. The molecule has 20 heavy (non-hydrogen) atoms. The summed E-state index contributed by atoms with van der Waals surface area (Å²) in [6.07, 6.45) is 9.04. The summed E-state index contributed by atoms with van der Waals surface area (Å²) in [5.41, 5.74) is 5.35. The maximum atomic E-state index is 11.8. The van der Waals surface area contributed by atoms with Crippen molar-refractivity contribution in [2.24, 2.45) is 17.3 Å². The number of carbonyl (C=O) groups is 1. The quantitative estimate of drug-likeness (QED) is 0.641. The molecular weight excluding hydrogens is 250 g/mol. The first-order chi connectivity index (χ1) is 9.71. The predicted molar refractivity (Wildman–Crippen MR) is 75.6 cm³/mol. The number of amides is 1. The van der Waals surface area contributed by atoms with Crippen LogP contribution < -0.4 is 5.48 Å². The first-order valence-electron chi connectivity index (χ1n) is 7.76. The Labute approximate surface area is 119 Å². The number of benzene rings is 1. The van der Waals surface area contributed by atoms with Crippen LogP contribution in [0.25, 0.3) is 0 Å². The minimum absolute atomic E-state index is 0.365. The van der Waals surface area contributed by atoms with E-state index in [0.29, 0.717) is 11.0 Å². The molecule has 0 aliphatic heterocycles. The van der Waals surface area contributed by atoms with Crippen LogP contribution in [0.3, 0.4) is 0 Å². The van der Waals surface area contributed by atoms with Crippen LogP contribution in [0.1, 0.15) is 53.6 Å². The van der Waals surface area contributed by atoms with Crippen LogP contribution in [0.15, 0.2) is 18.2 Å². The standard InChI is InChI=1S/C17H21NO2/c19-16(18-20)14-3-1-2-13-9-17(10-15(13)14)7-6-12(8-17)11-4-5-11/h1-3,11-12,20H,4-10H2,(H,18,19). The van der Waals surface area contributed by atoms with E-state index in [1.54, 1.807) is 5.48 Å². The Morgan fingerprint density at radius 1 is 1.20 bits per heavy atom. The molecule has 0 saturated heterocycles. The van der Waals surface area contributed by atoms with Gasteiger partial charge in [-0.1, -0.05) is 12.1 Å². The first kappa shape index (κ1) is 12.4. The number of hydroxylamine groups is 1. The van der Waals surface area contributed by atoms with Crippen LogP contribution in [-0.2, 0) is 12.8 Å². The number of carbonyl (C=O) groups excluding carboxylic acids is 1. The second-order valence-corrected chi connectivity index (χ2v) is 7.08. The highest BCUT2D eigenvalue weighted by Crippen LogP contribution is 2.56. The largest absolute Gasteiger partial charge is 0.288 e. The number of rotatable bonds is 2. The highest BCUT2D eigenvalue weighted by atomic mass is 16.5. The average Bonchev–Trinajstić information content (AvgIpc) is 3.14. The van der Waals surface area contributed by atoms with Crippen molar-refractivity contribution in [1.29, 1.82) is 0 Å². The van der Waals surface area contributed by atoms with Gasteiger partial charge in [-0.05, 0) is 79.4 Å². The van der Waals surface area contributed by atoms with E-state index in [2.05, 4.69) is 6.07 Å². The summed E-state index contributed by atoms with van der Waals surface area (Å²) in [4.78, 5) is 11.8. The molecule has 0 heterocycles. The summed E-state index contributed by atoms with van der Waals surface area (Å²) in [5, 5.41) is 8.90. The topological polar surface area (TPSA) is 49.3 Å². The van der Waals surface area contributed by atoms with E-state index in [9.17, 15) is 4.79 Å². The second-order valence-electron chi connectivity index (χ2n) is 7.08. The van der Waals surface area contributed by atoms with E-state index in [-0.39, 0.29) is 5.91 Å². The fraction of sp³-hybridized carbons (Fsp3) is 0.588. The number of nitrogens with one attached hydrogen (secondary N) is 1. The smallest absolute Gasteiger partial charge is 0.274 e. The fourth-order valence-corrected chi connectivity index (χ4v) is 4.67. The molecule has 0 radical (unpaired) electrons. The van der Waals surface area contributed by atoms with E-state index in [1.165, 1.54) is 43.2 Å². The minimum atomic E-state index is -0.365. The van der Waals surface area contributed by atoms with Gasteiger partial charge in [0, 0.05) is 5.56 Å². The van der Waals surface area contributed by atoms with E-state index in [0.717, 1.165) is 24.7 Å². The molecule has 106 valence electrons. The lowest BCUT2D eigenvalue weighted by Crippen LogP contribution is -2.21. The van der Waals surface area contributed by atoms with Gasteiger partial charge >= 0.3 is 0 Å². The van der Waals surface area contributed by atoms with Crippen molar-refractivity contribution in [3.05, 3.63) is 34.9 Å². The molecule has 3 nitrogen and oxygen atoms in total. The molecule has 1 aromatic rings. The minimum Gasteiger partial charge on any atom is -0.288 e. The highest BCUT2D eigenvalue weighted by molar-refractivity contribution is 5.95. The molecular formula is C17H21NO2. The van der Waals surface area contributed by atoms with Gasteiger partial charge in [0.15, 0.2) is 0 Å². The molecule has 2 fully saturated rings. The molecule has 0 aromatic heterocycles. The number of hydrogen-bond donors (Lipinski definition) is 2. The summed E-state index contributed by atoms with van der Waals surface area (Å²) in [6.45, 7) is 0. The highest BCUT2D eigenvalue weighted by Gasteiger charge is 2.47.